The summed E-state index contributed by atoms with van der Waals surface area (Å²) < 4.78 is 23.9. The predicted molar refractivity (Wildman–Crippen MR) is 186 cm³/mol. The number of hydrogen-bond donors (Lipinski definition) is 1. The van der Waals surface area contributed by atoms with E-state index < -0.39 is 17.7 Å². The van der Waals surface area contributed by atoms with Gasteiger partial charge in [0.25, 0.3) is 5.78 Å². The molecule has 250 valence electrons. The minimum absolute atomic E-state index is 0.104. The second-order valence-corrected chi connectivity index (χ2v) is 14.0. The molecule has 4 aromatic rings. The number of rotatable bonds is 12. The highest BCUT2D eigenvalue weighted by molar-refractivity contribution is 8.00. The molecular formula is C35H34ClN3O7S2. The number of anilines is 1. The summed E-state index contributed by atoms with van der Waals surface area (Å²) in [6, 6.07) is 16.6. The van der Waals surface area contributed by atoms with Crippen molar-refractivity contribution < 1.29 is 33.6 Å². The van der Waals surface area contributed by atoms with Gasteiger partial charge in [-0.2, -0.15) is 0 Å². The third-order valence-electron chi connectivity index (χ3n) is 7.71. The van der Waals surface area contributed by atoms with Gasteiger partial charge < -0.3 is 24.1 Å². The van der Waals surface area contributed by atoms with Crippen molar-refractivity contribution in [2.24, 2.45) is 5.92 Å². The Labute approximate surface area is 291 Å². The molecule has 10 nitrogen and oxygen atoms in total. The van der Waals surface area contributed by atoms with Gasteiger partial charge in [-0.15, -0.1) is 10.2 Å². The maximum atomic E-state index is 13.8. The molecule has 0 saturated carbocycles. The Morgan fingerprint density at radius 3 is 2.60 bits per heavy atom. The van der Waals surface area contributed by atoms with Crippen molar-refractivity contribution in [3.05, 3.63) is 87.9 Å². The highest BCUT2D eigenvalue weighted by atomic mass is 35.5. The summed E-state index contributed by atoms with van der Waals surface area (Å²) >= 11 is 8.94. The fraction of sp³-hybridized carbons (Fsp3) is 0.314. The second kappa shape index (κ2) is 14.9. The van der Waals surface area contributed by atoms with E-state index >= 15 is 0 Å². The van der Waals surface area contributed by atoms with Crippen molar-refractivity contribution >= 4 is 57.3 Å². The number of benzene rings is 3. The Morgan fingerprint density at radius 2 is 1.83 bits per heavy atom. The van der Waals surface area contributed by atoms with Gasteiger partial charge >= 0.3 is 5.91 Å². The van der Waals surface area contributed by atoms with Crippen LogP contribution in [-0.4, -0.2) is 53.4 Å². The summed E-state index contributed by atoms with van der Waals surface area (Å²) in [6.07, 6.45) is 0.858. The van der Waals surface area contributed by atoms with E-state index in [1.165, 1.54) is 28.0 Å². The van der Waals surface area contributed by atoms with Crippen molar-refractivity contribution in [3.63, 3.8) is 0 Å². The van der Waals surface area contributed by atoms with Gasteiger partial charge in [0.2, 0.25) is 5.13 Å². The van der Waals surface area contributed by atoms with Crippen LogP contribution in [0, 0.1) is 5.92 Å². The lowest BCUT2D eigenvalue weighted by atomic mass is 9.95. The molecule has 0 spiro atoms. The van der Waals surface area contributed by atoms with Gasteiger partial charge in [0.05, 0.1) is 24.8 Å². The van der Waals surface area contributed by atoms with Gasteiger partial charge in [0, 0.05) is 16.3 Å². The maximum absolute atomic E-state index is 13.8. The van der Waals surface area contributed by atoms with Crippen molar-refractivity contribution in [1.29, 1.82) is 0 Å². The van der Waals surface area contributed by atoms with Crippen molar-refractivity contribution in [1.82, 2.24) is 10.2 Å². The molecule has 1 aromatic heterocycles. The number of aromatic nitrogens is 2. The molecule has 0 aliphatic carbocycles. The minimum Gasteiger partial charge on any atom is -0.507 e. The zero-order valence-electron chi connectivity index (χ0n) is 26.6. The molecule has 2 aliphatic heterocycles. The van der Waals surface area contributed by atoms with Crippen LogP contribution in [0.25, 0.3) is 5.76 Å². The highest BCUT2D eigenvalue weighted by Gasteiger charge is 2.48. The van der Waals surface area contributed by atoms with Crippen LogP contribution in [0.5, 0.6) is 23.0 Å². The number of thioether (sulfide) groups is 1. The van der Waals surface area contributed by atoms with Crippen LogP contribution in [0.3, 0.4) is 0 Å². The normalized spacial score (nSPS) is 16.9. The van der Waals surface area contributed by atoms with Crippen LogP contribution in [0.1, 0.15) is 49.9 Å². The smallest absolute Gasteiger partial charge is 0.301 e. The Bertz CT molecular complexity index is 1860. The van der Waals surface area contributed by atoms with E-state index in [0.717, 1.165) is 12.0 Å². The van der Waals surface area contributed by atoms with Crippen molar-refractivity contribution in [2.75, 3.05) is 31.3 Å². The molecule has 1 atom stereocenters. The fourth-order valence-electron chi connectivity index (χ4n) is 5.29. The zero-order valence-corrected chi connectivity index (χ0v) is 29.0. The van der Waals surface area contributed by atoms with E-state index in [9.17, 15) is 14.7 Å². The van der Waals surface area contributed by atoms with Crippen LogP contribution >= 0.6 is 34.7 Å². The van der Waals surface area contributed by atoms with Gasteiger partial charge in [-0.25, -0.2) is 0 Å². The van der Waals surface area contributed by atoms with E-state index in [-0.39, 0.29) is 16.5 Å². The number of nitrogens with zero attached hydrogens (tertiary/aromatic N) is 3. The lowest BCUT2D eigenvalue weighted by Gasteiger charge is -2.24. The summed E-state index contributed by atoms with van der Waals surface area (Å²) in [5, 5.41) is 21.2. The summed E-state index contributed by atoms with van der Waals surface area (Å²) in [6.45, 7) is 7.72. The molecule has 48 heavy (non-hydrogen) atoms. The molecule has 1 N–H and O–H groups in total. The molecule has 0 radical (unpaired) electrons. The molecule has 2 aliphatic rings. The Balaban J connectivity index is 1.41. The van der Waals surface area contributed by atoms with Gasteiger partial charge in [-0.05, 0) is 66.8 Å². The molecule has 3 heterocycles. The minimum atomic E-state index is -1.04. The summed E-state index contributed by atoms with van der Waals surface area (Å²) in [5.74, 6) is 0.899. The first-order chi connectivity index (χ1) is 23.2. The average Bonchev–Trinajstić information content (AvgIpc) is 3.66. The zero-order chi connectivity index (χ0) is 33.8. The highest BCUT2D eigenvalue weighted by Crippen LogP contribution is 2.46. The summed E-state index contributed by atoms with van der Waals surface area (Å²) in [7, 11) is 0. The molecule has 13 heteroatoms. The average molecular weight is 708 g/mol. The molecule has 0 bridgehead atoms. The monoisotopic (exact) mass is 707 g/mol. The quantitative estimate of drug-likeness (QED) is 0.0516. The van der Waals surface area contributed by atoms with E-state index in [2.05, 4.69) is 24.0 Å². The number of aliphatic hydroxyl groups excluding tert-OH is 1. The maximum Gasteiger partial charge on any atom is 0.301 e. The number of ketones is 1. The van der Waals surface area contributed by atoms with Gasteiger partial charge in [-0.1, -0.05) is 72.8 Å². The van der Waals surface area contributed by atoms with E-state index in [1.54, 1.807) is 36.4 Å². The third kappa shape index (κ3) is 7.11. The molecule has 1 amide bonds. The summed E-state index contributed by atoms with van der Waals surface area (Å²) in [5.41, 5.74) is 1.65. The van der Waals surface area contributed by atoms with Crippen LogP contribution in [0.2, 0.25) is 5.02 Å². The van der Waals surface area contributed by atoms with Crippen LogP contribution < -0.4 is 23.8 Å². The number of ether oxygens (including phenoxy) is 4. The number of halogens is 1. The number of hydrogen-bond acceptors (Lipinski definition) is 11. The van der Waals surface area contributed by atoms with Crippen LogP contribution in [0.4, 0.5) is 5.13 Å². The standard InChI is InChI=1S/C35H34ClN3O7S2/c1-4-43-27-17-21(9-11-25(27)44-14-13-20(2)3)30-29(31(40)22-10-12-26-28(18-22)46-16-15-45-26)32(41)33(42)39(30)34-37-38-35(48-34)47-19-23-7-5-6-8-24(23)36/h5-12,17-18,20,30,40H,4,13-16,19H2,1-3H3. The molecule has 6 rings (SSSR count). The van der Waals surface area contributed by atoms with Crippen LogP contribution in [0.15, 0.2) is 70.6 Å². The lowest BCUT2D eigenvalue weighted by molar-refractivity contribution is -0.132. The SMILES string of the molecule is CCOc1cc(C2C(=C(O)c3ccc4c(c3)OCCO4)C(=O)C(=O)N2c2nnc(SCc3ccccc3Cl)s2)ccc1OCCC(C)C. The molecule has 1 unspecified atom stereocenters. The number of Topliss-reactive ketones (excluding diaryl/α,β-unsaturated/α-hetero) is 1. The number of amides is 1. The van der Waals surface area contributed by atoms with Gasteiger partial charge in [0.1, 0.15) is 19.0 Å². The van der Waals surface area contributed by atoms with Gasteiger partial charge in [-0.3, -0.25) is 14.5 Å². The number of fused-ring (bicyclic) bond motifs is 1. The molecule has 3 aromatic carbocycles. The van der Waals surface area contributed by atoms with Crippen molar-refractivity contribution in [2.45, 2.75) is 43.3 Å². The predicted octanol–water partition coefficient (Wildman–Crippen LogP) is 7.70. The van der Waals surface area contributed by atoms with E-state index in [4.69, 9.17) is 30.5 Å². The van der Waals surface area contributed by atoms with E-state index in [0.29, 0.717) is 81.6 Å². The Hall–Kier alpha value is -4.26. The molecule has 1 saturated heterocycles. The summed E-state index contributed by atoms with van der Waals surface area (Å²) in [4.78, 5) is 28.9. The van der Waals surface area contributed by atoms with Crippen LogP contribution in [-0.2, 0) is 15.3 Å². The number of carbonyl (C=O) groups excluding carboxylic acids is 2. The second-order valence-electron chi connectivity index (χ2n) is 11.4. The number of carbonyl (C=O) groups is 2. The largest absolute Gasteiger partial charge is 0.507 e. The first-order valence-corrected chi connectivity index (χ1v) is 17.7. The molecular weight excluding hydrogens is 674 g/mol. The van der Waals surface area contributed by atoms with E-state index in [1.807, 2.05) is 31.2 Å². The van der Waals surface area contributed by atoms with Gasteiger partial charge in [0.15, 0.2) is 27.3 Å². The first kappa shape index (κ1) is 33.6. The topological polar surface area (TPSA) is 120 Å². The first-order valence-electron chi connectivity index (χ1n) is 15.6. The van der Waals surface area contributed by atoms with Crippen molar-refractivity contribution in [3.8, 4) is 23.0 Å². The third-order valence-corrected chi connectivity index (χ3v) is 10.2. The lowest BCUT2D eigenvalue weighted by Crippen LogP contribution is -2.29. The Morgan fingerprint density at radius 1 is 1.04 bits per heavy atom. The number of aliphatic hydroxyl groups is 1. The Kier molecular flexibility index (Phi) is 10.4. The molecule has 1 fully saturated rings. The fourth-order valence-corrected chi connectivity index (χ4v) is 7.44.